The Balaban J connectivity index is 1.39. The third-order valence-corrected chi connectivity index (χ3v) is 7.27. The molecule has 1 aliphatic carbocycles. The lowest BCUT2D eigenvalue weighted by atomic mass is 9.98. The predicted octanol–water partition coefficient (Wildman–Crippen LogP) is 4.76. The summed E-state index contributed by atoms with van der Waals surface area (Å²) in [4.78, 5) is 40.9. The number of likely N-dealkylation sites (tertiary alicyclic amines) is 1. The Hall–Kier alpha value is -4.38. The number of hydrogen-bond donors (Lipinski definition) is 1. The van der Waals surface area contributed by atoms with E-state index in [0.717, 1.165) is 22.3 Å². The highest BCUT2D eigenvalue weighted by atomic mass is 16.6. The summed E-state index contributed by atoms with van der Waals surface area (Å²) in [7, 11) is 1.50. The van der Waals surface area contributed by atoms with Crippen LogP contribution < -0.4 is 0 Å². The minimum atomic E-state index is -1.25. The predicted molar refractivity (Wildman–Crippen MR) is 146 cm³/mol. The van der Waals surface area contributed by atoms with Crippen LogP contribution in [-0.2, 0) is 20.8 Å². The summed E-state index contributed by atoms with van der Waals surface area (Å²) in [5, 5.41) is 12.8. The van der Waals surface area contributed by atoms with E-state index in [9.17, 15) is 19.5 Å². The van der Waals surface area contributed by atoms with Gasteiger partial charge >= 0.3 is 18.2 Å². The largest absolute Gasteiger partial charge is 0.476 e. The van der Waals surface area contributed by atoms with E-state index >= 15 is 0 Å². The minimum absolute atomic E-state index is 0.0836. The van der Waals surface area contributed by atoms with Crippen molar-refractivity contribution in [2.75, 3.05) is 26.8 Å². The first-order chi connectivity index (χ1) is 19.6. The zero-order chi connectivity index (χ0) is 29.3. The van der Waals surface area contributed by atoms with Crippen LogP contribution in [0.4, 0.5) is 9.59 Å². The third-order valence-electron chi connectivity index (χ3n) is 7.27. The van der Waals surface area contributed by atoms with Crippen molar-refractivity contribution < 1.29 is 38.2 Å². The van der Waals surface area contributed by atoms with Crippen molar-refractivity contribution in [1.82, 2.24) is 15.0 Å². The monoisotopic (exact) mass is 563 g/mol. The zero-order valence-corrected chi connectivity index (χ0v) is 23.4. The fraction of sp³-hybridized carbons (Fsp3) is 0.400. The van der Waals surface area contributed by atoms with Gasteiger partial charge in [-0.15, -0.1) is 0 Å². The Morgan fingerprint density at radius 1 is 1.05 bits per heavy atom. The highest BCUT2D eigenvalue weighted by molar-refractivity contribution is 5.85. The van der Waals surface area contributed by atoms with Gasteiger partial charge in [0.2, 0.25) is 0 Å². The van der Waals surface area contributed by atoms with Crippen LogP contribution in [-0.4, -0.2) is 82.8 Å². The van der Waals surface area contributed by atoms with Crippen LogP contribution in [0.2, 0.25) is 0 Å². The Labute approximate surface area is 237 Å². The number of methoxy groups -OCH3 is 1. The smallest absolute Gasteiger partial charge is 0.410 e. The maximum atomic E-state index is 13.8. The molecule has 0 spiro atoms. The lowest BCUT2D eigenvalue weighted by Gasteiger charge is -2.30. The van der Waals surface area contributed by atoms with Crippen molar-refractivity contribution in [3.63, 3.8) is 0 Å². The number of aromatic carboxylic acids is 1. The quantitative estimate of drug-likeness (QED) is 0.432. The summed E-state index contributed by atoms with van der Waals surface area (Å²) in [5.74, 6) is -1.25. The van der Waals surface area contributed by atoms with E-state index in [2.05, 4.69) is 17.3 Å². The summed E-state index contributed by atoms with van der Waals surface area (Å²) < 4.78 is 22.4. The Bertz CT molecular complexity index is 1400. The number of carbonyl (C=O) groups is 3. The second-order valence-corrected chi connectivity index (χ2v) is 11.1. The molecule has 0 bridgehead atoms. The van der Waals surface area contributed by atoms with Gasteiger partial charge in [0, 0.05) is 25.6 Å². The molecule has 5 rings (SSSR count). The van der Waals surface area contributed by atoms with Gasteiger partial charge in [-0.25, -0.2) is 14.4 Å². The van der Waals surface area contributed by atoms with Crippen LogP contribution >= 0.6 is 0 Å². The van der Waals surface area contributed by atoms with Gasteiger partial charge in [0.25, 0.3) is 0 Å². The van der Waals surface area contributed by atoms with E-state index in [1.165, 1.54) is 23.0 Å². The number of fused-ring (bicyclic) bond motifs is 3. The molecule has 0 unspecified atom stereocenters. The van der Waals surface area contributed by atoms with Crippen molar-refractivity contribution in [2.24, 2.45) is 0 Å². The number of amides is 2. The third kappa shape index (κ3) is 5.90. The van der Waals surface area contributed by atoms with Crippen LogP contribution in [0.1, 0.15) is 54.1 Å². The van der Waals surface area contributed by atoms with E-state index in [0.29, 0.717) is 0 Å². The molecule has 216 valence electrons. The van der Waals surface area contributed by atoms with E-state index < -0.39 is 35.9 Å². The summed E-state index contributed by atoms with van der Waals surface area (Å²) >= 11 is 0. The van der Waals surface area contributed by atoms with Gasteiger partial charge < -0.3 is 28.7 Å². The van der Waals surface area contributed by atoms with Crippen molar-refractivity contribution in [3.05, 3.63) is 77.2 Å². The number of ether oxygens (including phenoxy) is 3. The number of rotatable bonds is 7. The number of hydrogen-bond acceptors (Lipinski definition) is 8. The maximum absolute atomic E-state index is 13.8. The Kier molecular flexibility index (Phi) is 7.72. The molecule has 11 heteroatoms. The molecule has 0 saturated carbocycles. The average molecular weight is 564 g/mol. The fourth-order valence-electron chi connectivity index (χ4n) is 5.41. The molecule has 2 aromatic carbocycles. The normalized spacial score (nSPS) is 18.1. The molecule has 3 aromatic rings. The average Bonchev–Trinajstić information content (AvgIpc) is 3.65. The van der Waals surface area contributed by atoms with Crippen LogP contribution in [0.3, 0.4) is 0 Å². The second kappa shape index (κ2) is 11.2. The molecule has 1 aromatic heterocycles. The van der Waals surface area contributed by atoms with E-state index in [-0.39, 0.29) is 43.6 Å². The van der Waals surface area contributed by atoms with Gasteiger partial charge in [0.05, 0.1) is 25.2 Å². The summed E-state index contributed by atoms with van der Waals surface area (Å²) in [6, 6.07) is 16.7. The van der Waals surface area contributed by atoms with Crippen LogP contribution in [0.25, 0.3) is 11.1 Å². The molecule has 1 aliphatic heterocycles. The maximum Gasteiger partial charge on any atom is 0.410 e. The van der Waals surface area contributed by atoms with Crippen molar-refractivity contribution in [3.8, 4) is 11.1 Å². The zero-order valence-electron chi connectivity index (χ0n) is 23.4. The molecule has 1 saturated heterocycles. The van der Waals surface area contributed by atoms with Gasteiger partial charge in [-0.3, -0.25) is 4.90 Å². The van der Waals surface area contributed by atoms with E-state index in [4.69, 9.17) is 18.7 Å². The molecule has 1 N–H and O–H groups in total. The summed E-state index contributed by atoms with van der Waals surface area (Å²) in [5.41, 5.74) is 3.37. The second-order valence-electron chi connectivity index (χ2n) is 11.1. The van der Waals surface area contributed by atoms with Gasteiger partial charge in [-0.2, -0.15) is 0 Å². The van der Waals surface area contributed by atoms with Gasteiger partial charge in [-0.05, 0) is 43.0 Å². The summed E-state index contributed by atoms with van der Waals surface area (Å²) in [6.45, 7) is 5.60. The van der Waals surface area contributed by atoms with Crippen molar-refractivity contribution >= 4 is 18.2 Å². The highest BCUT2D eigenvalue weighted by Gasteiger charge is 2.43. The topological polar surface area (TPSA) is 132 Å². The highest BCUT2D eigenvalue weighted by Crippen LogP contribution is 2.44. The number of carbonyl (C=O) groups excluding carboxylic acids is 2. The first-order valence-electron chi connectivity index (χ1n) is 13.4. The van der Waals surface area contributed by atoms with Crippen LogP contribution in [0.5, 0.6) is 0 Å². The Morgan fingerprint density at radius 3 is 2.24 bits per heavy atom. The molecular formula is C30H33N3O8. The molecule has 1 fully saturated rings. The van der Waals surface area contributed by atoms with Gasteiger partial charge in [-0.1, -0.05) is 53.7 Å². The molecule has 0 radical (unpaired) electrons. The number of carboxylic acids is 1. The molecule has 2 heterocycles. The molecular weight excluding hydrogens is 530 g/mol. The molecule has 2 aliphatic rings. The van der Waals surface area contributed by atoms with Gasteiger partial charge in [0.1, 0.15) is 12.2 Å². The molecule has 2 atom stereocenters. The van der Waals surface area contributed by atoms with Crippen molar-refractivity contribution in [2.45, 2.75) is 51.0 Å². The van der Waals surface area contributed by atoms with Gasteiger partial charge in [0.15, 0.2) is 11.5 Å². The Morgan fingerprint density at radius 2 is 1.68 bits per heavy atom. The first-order valence-corrected chi connectivity index (χ1v) is 13.4. The first kappa shape index (κ1) is 28.2. The molecule has 2 amide bonds. The number of nitrogens with zero attached hydrogens (tertiary/aromatic N) is 3. The molecule has 41 heavy (non-hydrogen) atoms. The van der Waals surface area contributed by atoms with E-state index in [1.54, 1.807) is 20.8 Å². The van der Waals surface area contributed by atoms with Crippen molar-refractivity contribution in [1.29, 1.82) is 0 Å². The number of carboxylic acid groups (broad SMARTS) is 1. The van der Waals surface area contributed by atoms with Crippen LogP contribution in [0, 0.1) is 0 Å². The minimum Gasteiger partial charge on any atom is -0.476 e. The number of benzene rings is 2. The lowest BCUT2D eigenvalue weighted by molar-refractivity contribution is 0.0228. The summed E-state index contributed by atoms with van der Waals surface area (Å²) in [6.07, 6.45) is -1.73. The molecule has 11 nitrogen and oxygen atoms in total. The van der Waals surface area contributed by atoms with Crippen LogP contribution in [0.15, 0.2) is 59.1 Å². The SMILES string of the molecule is CO[C@@H]1CN(C(=O)OC(C)(C)C)C[C@H]1N(Cc1cc(C(=O)O)no1)C(=O)OCC1c2ccccc2-c2ccccc21. The fourth-order valence-corrected chi connectivity index (χ4v) is 5.41. The number of aromatic nitrogens is 1. The van der Waals surface area contributed by atoms with E-state index in [1.807, 2.05) is 36.4 Å². The lowest BCUT2D eigenvalue weighted by Crippen LogP contribution is -2.47. The standard InChI is InChI=1S/C30H33N3O8/c1-30(2,3)40-28(36)32-15-25(26(16-32)38-4)33(14-18-13-24(27(34)35)31-41-18)29(37)39-17-23-21-11-7-5-9-19(21)20-10-6-8-12-22(20)23/h5-13,23,25-26H,14-17H2,1-4H3,(H,34,35)/t25-,26-/m1/s1.